The third kappa shape index (κ3) is 4.17. The van der Waals surface area contributed by atoms with E-state index in [4.69, 9.17) is 0 Å². The molecule has 0 bridgehead atoms. The number of hydrogen-bond acceptors (Lipinski definition) is 3. The molecule has 0 spiro atoms. The predicted octanol–water partition coefficient (Wildman–Crippen LogP) is 4.05. The Morgan fingerprint density at radius 2 is 1.82 bits per heavy atom. The smallest absolute Gasteiger partial charge is 0.382 e. The molecule has 1 unspecified atom stereocenters. The molecule has 0 fully saturated rings. The Kier molecular flexibility index (Phi) is 5.42. The molecule has 1 atom stereocenters. The van der Waals surface area contributed by atoms with Gasteiger partial charge in [-0.1, -0.05) is 35.9 Å². The van der Waals surface area contributed by atoms with Crippen LogP contribution in [-0.2, 0) is 4.79 Å². The van der Waals surface area contributed by atoms with Crippen molar-refractivity contribution in [2.45, 2.75) is 25.6 Å². The number of carbonyl (C=O) groups is 1. The van der Waals surface area contributed by atoms with Gasteiger partial charge in [0.05, 0.1) is 17.9 Å². The van der Waals surface area contributed by atoms with E-state index in [9.17, 15) is 27.5 Å². The minimum Gasteiger partial charge on any atom is -0.382 e. The molecule has 1 amide bonds. The summed E-state index contributed by atoms with van der Waals surface area (Å²) in [7, 11) is 0. The van der Waals surface area contributed by atoms with Crippen LogP contribution in [0, 0.1) is 12.7 Å². The number of hydrazine groups is 1. The number of benzene rings is 2. The van der Waals surface area contributed by atoms with Gasteiger partial charge in [0.2, 0.25) is 5.91 Å². The molecule has 4 nitrogen and oxygen atoms in total. The van der Waals surface area contributed by atoms with Crippen molar-refractivity contribution in [1.29, 1.82) is 0 Å². The van der Waals surface area contributed by atoms with Crippen molar-refractivity contribution in [3.63, 3.8) is 0 Å². The summed E-state index contributed by atoms with van der Waals surface area (Å²) in [6, 6.07) is 12.0. The molecule has 2 aromatic carbocycles. The number of anilines is 1. The van der Waals surface area contributed by atoms with Gasteiger partial charge in [-0.05, 0) is 36.8 Å². The van der Waals surface area contributed by atoms with Crippen LogP contribution in [0.25, 0.3) is 5.70 Å². The molecule has 28 heavy (non-hydrogen) atoms. The predicted molar refractivity (Wildman–Crippen MR) is 96.4 cm³/mol. The molecule has 1 aliphatic rings. The summed E-state index contributed by atoms with van der Waals surface area (Å²) in [5, 5.41) is 11.7. The van der Waals surface area contributed by atoms with Crippen LogP contribution in [0.1, 0.15) is 17.5 Å². The zero-order valence-corrected chi connectivity index (χ0v) is 14.9. The van der Waals surface area contributed by atoms with Crippen LogP contribution in [0.2, 0.25) is 0 Å². The summed E-state index contributed by atoms with van der Waals surface area (Å²) in [4.78, 5) is 12.5. The molecule has 3 rings (SSSR count). The van der Waals surface area contributed by atoms with Crippen molar-refractivity contribution in [2.75, 3.05) is 11.6 Å². The number of carbonyl (C=O) groups excluding carboxylic acids is 1. The maximum Gasteiger partial charge on any atom is 0.416 e. The molecule has 0 aliphatic carbocycles. The summed E-state index contributed by atoms with van der Waals surface area (Å²) in [6.07, 6.45) is -6.13. The number of aliphatic hydroxyl groups is 1. The topological polar surface area (TPSA) is 43.8 Å². The highest BCUT2D eigenvalue weighted by molar-refractivity contribution is 5.97. The number of aryl methyl sites for hydroxylation is 1. The SMILES string of the molecule is Cc1ccc(C2=CCC(=O)N(c3cccc(F)c3)N2CC(O)C(F)(F)F)cc1. The number of aliphatic hydroxyl groups excluding tert-OH is 1. The molecule has 0 saturated heterocycles. The van der Waals surface area contributed by atoms with Gasteiger partial charge in [0, 0.05) is 6.42 Å². The first-order valence-corrected chi connectivity index (χ1v) is 8.55. The van der Waals surface area contributed by atoms with Crippen LogP contribution < -0.4 is 5.01 Å². The van der Waals surface area contributed by atoms with Gasteiger partial charge in [0.15, 0.2) is 6.10 Å². The zero-order valence-electron chi connectivity index (χ0n) is 14.9. The number of nitrogens with zero attached hydrogens (tertiary/aromatic N) is 2. The van der Waals surface area contributed by atoms with E-state index >= 15 is 0 Å². The van der Waals surface area contributed by atoms with Crippen molar-refractivity contribution in [3.8, 4) is 0 Å². The normalized spacial score (nSPS) is 16.2. The molecule has 0 radical (unpaired) electrons. The molecule has 2 aromatic rings. The number of alkyl halides is 3. The highest BCUT2D eigenvalue weighted by Crippen LogP contribution is 2.33. The molecule has 1 N–H and O–H groups in total. The second-order valence-electron chi connectivity index (χ2n) is 6.48. The Labute approximate surface area is 159 Å². The molecule has 1 aliphatic heterocycles. The number of amides is 1. The Morgan fingerprint density at radius 1 is 1.14 bits per heavy atom. The van der Waals surface area contributed by atoms with E-state index in [1.54, 1.807) is 24.3 Å². The first-order valence-electron chi connectivity index (χ1n) is 8.55. The van der Waals surface area contributed by atoms with Crippen molar-refractivity contribution in [2.24, 2.45) is 0 Å². The van der Waals surface area contributed by atoms with Crippen molar-refractivity contribution >= 4 is 17.3 Å². The number of β-amino-alcohol motifs (C(OH)–C–C–N with tert-alkyl or cyclic N) is 1. The fourth-order valence-corrected chi connectivity index (χ4v) is 2.95. The Hall–Kier alpha value is -2.87. The van der Waals surface area contributed by atoms with Gasteiger partial charge >= 0.3 is 6.18 Å². The lowest BCUT2D eigenvalue weighted by molar-refractivity contribution is -0.206. The molecule has 148 valence electrons. The van der Waals surface area contributed by atoms with E-state index in [1.807, 2.05) is 6.92 Å². The minimum atomic E-state index is -4.87. The van der Waals surface area contributed by atoms with E-state index in [1.165, 1.54) is 24.3 Å². The third-order valence-electron chi connectivity index (χ3n) is 4.35. The first-order chi connectivity index (χ1) is 13.2. The highest BCUT2D eigenvalue weighted by atomic mass is 19.4. The van der Waals surface area contributed by atoms with Crippen LogP contribution >= 0.6 is 0 Å². The van der Waals surface area contributed by atoms with Crippen LogP contribution in [0.4, 0.5) is 23.2 Å². The Bertz CT molecular complexity index is 894. The number of hydrogen-bond donors (Lipinski definition) is 1. The Balaban J connectivity index is 2.07. The van der Waals surface area contributed by atoms with Crippen LogP contribution in [0.5, 0.6) is 0 Å². The standard InChI is InChI=1S/C20H18F4N2O2/c1-13-5-7-14(8-6-13)17-9-10-19(28)26(16-4-2-3-15(21)11-16)25(17)12-18(27)20(22,23)24/h2-9,11,18,27H,10,12H2,1H3. The van der Waals surface area contributed by atoms with Gasteiger partial charge < -0.3 is 5.11 Å². The summed E-state index contributed by atoms with van der Waals surface area (Å²) in [5.41, 5.74) is 1.94. The number of rotatable bonds is 4. The zero-order chi connectivity index (χ0) is 20.5. The molecular weight excluding hydrogens is 376 g/mol. The second kappa shape index (κ2) is 7.63. The molecule has 0 saturated carbocycles. The first kappa shape index (κ1) is 19.9. The molecular formula is C20H18F4N2O2. The van der Waals surface area contributed by atoms with E-state index in [0.717, 1.165) is 21.6 Å². The van der Waals surface area contributed by atoms with E-state index < -0.39 is 30.5 Å². The minimum absolute atomic E-state index is 0.0711. The fourth-order valence-electron chi connectivity index (χ4n) is 2.95. The van der Waals surface area contributed by atoms with Gasteiger partial charge in [-0.2, -0.15) is 13.2 Å². The number of halogens is 4. The fraction of sp³-hybridized carbons (Fsp3) is 0.250. The highest BCUT2D eigenvalue weighted by Gasteiger charge is 2.42. The van der Waals surface area contributed by atoms with Gasteiger partial charge in [-0.3, -0.25) is 9.80 Å². The van der Waals surface area contributed by atoms with E-state index in [0.29, 0.717) is 11.3 Å². The average Bonchev–Trinajstić information content (AvgIpc) is 2.62. The Morgan fingerprint density at radius 3 is 2.43 bits per heavy atom. The second-order valence-corrected chi connectivity index (χ2v) is 6.48. The largest absolute Gasteiger partial charge is 0.416 e. The van der Waals surface area contributed by atoms with Crippen LogP contribution in [-0.4, -0.2) is 34.8 Å². The molecule has 0 aromatic heterocycles. The monoisotopic (exact) mass is 394 g/mol. The van der Waals surface area contributed by atoms with E-state index in [2.05, 4.69) is 0 Å². The quantitative estimate of drug-likeness (QED) is 0.796. The summed E-state index contributed by atoms with van der Waals surface area (Å²) in [5.74, 6) is -1.16. The maximum atomic E-state index is 13.7. The van der Waals surface area contributed by atoms with Crippen LogP contribution in [0.15, 0.2) is 54.6 Å². The lowest BCUT2D eigenvalue weighted by atomic mass is 10.1. The van der Waals surface area contributed by atoms with Crippen molar-refractivity contribution in [1.82, 2.24) is 5.01 Å². The summed E-state index contributed by atoms with van der Waals surface area (Å²) >= 11 is 0. The maximum absolute atomic E-state index is 13.7. The van der Waals surface area contributed by atoms with Crippen molar-refractivity contribution < 1.29 is 27.5 Å². The van der Waals surface area contributed by atoms with Crippen LogP contribution in [0.3, 0.4) is 0 Å². The average molecular weight is 394 g/mol. The lowest BCUT2D eigenvalue weighted by Gasteiger charge is -2.41. The van der Waals surface area contributed by atoms with Crippen molar-refractivity contribution in [3.05, 3.63) is 71.6 Å². The third-order valence-corrected chi connectivity index (χ3v) is 4.35. The van der Waals surface area contributed by atoms with Gasteiger partial charge in [-0.25, -0.2) is 9.40 Å². The summed E-state index contributed by atoms with van der Waals surface area (Å²) in [6.45, 7) is 0.957. The van der Waals surface area contributed by atoms with Gasteiger partial charge in [-0.15, -0.1) is 0 Å². The molecule has 1 heterocycles. The lowest BCUT2D eigenvalue weighted by Crippen LogP contribution is -2.53. The molecule has 8 heteroatoms. The summed E-state index contributed by atoms with van der Waals surface area (Å²) < 4.78 is 52.7. The van der Waals surface area contributed by atoms with Gasteiger partial charge in [0.25, 0.3) is 0 Å². The van der Waals surface area contributed by atoms with E-state index in [-0.39, 0.29) is 12.1 Å². The van der Waals surface area contributed by atoms with Gasteiger partial charge in [0.1, 0.15) is 5.82 Å².